The molecule has 3 nitrogen and oxygen atoms in total. The third-order valence-electron chi connectivity index (χ3n) is 4.97. The fraction of sp³-hybridized carbons (Fsp3) is 0.231. The lowest BCUT2D eigenvalue weighted by Crippen LogP contribution is -2.26. The van der Waals surface area contributed by atoms with Crippen molar-refractivity contribution in [3.8, 4) is 11.5 Å². The van der Waals surface area contributed by atoms with Gasteiger partial charge in [0.2, 0.25) is 0 Å². The minimum atomic E-state index is 0.0692. The Balaban J connectivity index is 2.12. The minimum Gasteiger partial charge on any atom is -0.508 e. The van der Waals surface area contributed by atoms with Crippen LogP contribution in [0.25, 0.3) is 11.1 Å². The van der Waals surface area contributed by atoms with Crippen molar-refractivity contribution in [1.82, 2.24) is 5.32 Å². The maximum Gasteiger partial charge on any atom is 0.133 e. The SMILES string of the molecule is CCC(=C(c1ccc(O)cc1)c1ccc(OC(C)CNC)c(Br)c1)c1ccccc1. The summed E-state index contributed by atoms with van der Waals surface area (Å²) in [4.78, 5) is 0. The third kappa shape index (κ3) is 5.32. The minimum absolute atomic E-state index is 0.0692. The zero-order valence-electron chi connectivity index (χ0n) is 17.7. The normalized spacial score (nSPS) is 12.9. The summed E-state index contributed by atoms with van der Waals surface area (Å²) in [5.41, 5.74) is 5.77. The van der Waals surface area contributed by atoms with Crippen molar-refractivity contribution in [2.45, 2.75) is 26.4 Å². The molecule has 3 aromatic rings. The summed E-state index contributed by atoms with van der Waals surface area (Å²) in [5.74, 6) is 1.09. The lowest BCUT2D eigenvalue weighted by atomic mass is 9.88. The van der Waals surface area contributed by atoms with Crippen molar-refractivity contribution in [3.63, 3.8) is 0 Å². The molecule has 0 aliphatic rings. The summed E-state index contributed by atoms with van der Waals surface area (Å²) in [6.45, 7) is 5.00. The second-order valence-corrected chi connectivity index (χ2v) is 8.11. The van der Waals surface area contributed by atoms with E-state index < -0.39 is 0 Å². The van der Waals surface area contributed by atoms with Crippen molar-refractivity contribution in [2.75, 3.05) is 13.6 Å². The summed E-state index contributed by atoms with van der Waals surface area (Å²) in [7, 11) is 1.92. The molecule has 0 radical (unpaired) electrons. The number of phenolic OH excluding ortho intramolecular Hbond substituents is 1. The van der Waals surface area contributed by atoms with Crippen LogP contribution in [-0.4, -0.2) is 24.8 Å². The van der Waals surface area contributed by atoms with E-state index in [1.807, 2.05) is 38.2 Å². The molecule has 0 amide bonds. The highest BCUT2D eigenvalue weighted by atomic mass is 79.9. The Morgan fingerprint density at radius 2 is 1.63 bits per heavy atom. The number of halogens is 1. The van der Waals surface area contributed by atoms with Gasteiger partial charge >= 0.3 is 0 Å². The van der Waals surface area contributed by atoms with Gasteiger partial charge in [-0.1, -0.05) is 55.5 Å². The Morgan fingerprint density at radius 3 is 2.23 bits per heavy atom. The molecule has 1 atom stereocenters. The number of aromatic hydroxyl groups is 1. The van der Waals surface area contributed by atoms with Crippen LogP contribution in [0, 0.1) is 0 Å². The molecule has 3 aromatic carbocycles. The smallest absolute Gasteiger partial charge is 0.133 e. The molecule has 0 saturated heterocycles. The fourth-order valence-corrected chi connectivity index (χ4v) is 4.08. The first kappa shape index (κ1) is 22.1. The number of hydrogen-bond donors (Lipinski definition) is 2. The van der Waals surface area contributed by atoms with Gasteiger partial charge in [0.1, 0.15) is 17.6 Å². The average molecular weight is 466 g/mol. The van der Waals surface area contributed by atoms with E-state index in [9.17, 15) is 5.11 Å². The summed E-state index contributed by atoms with van der Waals surface area (Å²) >= 11 is 3.70. The van der Waals surface area contributed by atoms with Gasteiger partial charge < -0.3 is 15.2 Å². The monoisotopic (exact) mass is 465 g/mol. The van der Waals surface area contributed by atoms with Gasteiger partial charge in [-0.05, 0) is 88.4 Å². The van der Waals surface area contributed by atoms with Crippen LogP contribution in [0.2, 0.25) is 0 Å². The first-order chi connectivity index (χ1) is 14.5. The topological polar surface area (TPSA) is 41.5 Å². The van der Waals surface area contributed by atoms with Crippen LogP contribution >= 0.6 is 15.9 Å². The first-order valence-electron chi connectivity index (χ1n) is 10.2. The molecule has 4 heteroatoms. The van der Waals surface area contributed by atoms with Crippen molar-refractivity contribution < 1.29 is 9.84 Å². The molecule has 0 aromatic heterocycles. The number of nitrogens with one attached hydrogen (secondary N) is 1. The molecule has 0 saturated carbocycles. The standard InChI is InChI=1S/C26H28BrNO2/c1-4-23(19-8-6-5-7-9-19)26(20-10-13-22(29)14-11-20)21-12-15-25(24(27)16-21)30-18(2)17-28-3/h5-16,18,28-29H,4,17H2,1-3H3. The van der Waals surface area contributed by atoms with Crippen LogP contribution in [0.15, 0.2) is 77.3 Å². The molecule has 0 spiro atoms. The van der Waals surface area contributed by atoms with Crippen LogP contribution < -0.4 is 10.1 Å². The van der Waals surface area contributed by atoms with Crippen LogP contribution in [0.4, 0.5) is 0 Å². The average Bonchev–Trinajstić information content (AvgIpc) is 2.75. The number of likely N-dealkylation sites (N-methyl/N-ethyl adjacent to an activating group) is 1. The highest BCUT2D eigenvalue weighted by Crippen LogP contribution is 2.38. The van der Waals surface area contributed by atoms with E-state index in [1.165, 1.54) is 11.1 Å². The molecule has 156 valence electrons. The van der Waals surface area contributed by atoms with Crippen LogP contribution in [0.3, 0.4) is 0 Å². The maximum atomic E-state index is 9.78. The summed E-state index contributed by atoms with van der Waals surface area (Å²) in [6, 6.07) is 24.1. The summed E-state index contributed by atoms with van der Waals surface area (Å²) in [5, 5.41) is 12.9. The van der Waals surface area contributed by atoms with E-state index in [2.05, 4.69) is 64.6 Å². The molecular formula is C26H28BrNO2. The molecule has 2 N–H and O–H groups in total. The zero-order chi connectivity index (χ0) is 21.5. The second kappa shape index (κ2) is 10.5. The third-order valence-corrected chi connectivity index (χ3v) is 5.59. The Bertz CT molecular complexity index is 997. The van der Waals surface area contributed by atoms with Gasteiger partial charge in [-0.15, -0.1) is 0 Å². The van der Waals surface area contributed by atoms with Crippen molar-refractivity contribution >= 4 is 27.1 Å². The highest BCUT2D eigenvalue weighted by molar-refractivity contribution is 9.10. The van der Waals surface area contributed by atoms with Gasteiger partial charge in [0.05, 0.1) is 4.47 Å². The van der Waals surface area contributed by atoms with Gasteiger partial charge in [0.15, 0.2) is 0 Å². The predicted octanol–water partition coefficient (Wildman–Crippen LogP) is 6.51. The molecule has 30 heavy (non-hydrogen) atoms. The molecule has 0 bridgehead atoms. The lowest BCUT2D eigenvalue weighted by Gasteiger charge is -2.19. The number of allylic oxidation sites excluding steroid dienone is 1. The molecule has 0 aliphatic carbocycles. The van der Waals surface area contributed by atoms with Gasteiger partial charge in [-0.3, -0.25) is 0 Å². The molecule has 0 heterocycles. The largest absolute Gasteiger partial charge is 0.508 e. The molecular weight excluding hydrogens is 438 g/mol. The number of benzene rings is 3. The van der Waals surface area contributed by atoms with Crippen LogP contribution in [-0.2, 0) is 0 Å². The van der Waals surface area contributed by atoms with Crippen molar-refractivity contribution in [2.24, 2.45) is 0 Å². The highest BCUT2D eigenvalue weighted by Gasteiger charge is 2.15. The van der Waals surface area contributed by atoms with Crippen molar-refractivity contribution in [3.05, 3.63) is 94.0 Å². The molecule has 0 aliphatic heterocycles. The maximum absolute atomic E-state index is 9.78. The van der Waals surface area contributed by atoms with Gasteiger partial charge in [-0.2, -0.15) is 0 Å². The van der Waals surface area contributed by atoms with E-state index in [0.29, 0.717) is 0 Å². The Kier molecular flexibility index (Phi) is 7.72. The van der Waals surface area contributed by atoms with E-state index in [1.54, 1.807) is 12.1 Å². The summed E-state index contributed by atoms with van der Waals surface area (Å²) in [6.07, 6.45) is 0.953. The Labute approximate surface area is 187 Å². The number of ether oxygens (including phenoxy) is 1. The Hall–Kier alpha value is -2.56. The number of phenols is 1. The zero-order valence-corrected chi connectivity index (χ0v) is 19.2. The summed E-state index contributed by atoms with van der Waals surface area (Å²) < 4.78 is 6.97. The van der Waals surface area contributed by atoms with Gasteiger partial charge in [0, 0.05) is 6.54 Å². The second-order valence-electron chi connectivity index (χ2n) is 7.25. The number of rotatable bonds is 8. The molecule has 3 rings (SSSR count). The van der Waals surface area contributed by atoms with Crippen LogP contribution in [0.5, 0.6) is 11.5 Å². The van der Waals surface area contributed by atoms with E-state index >= 15 is 0 Å². The van der Waals surface area contributed by atoms with Crippen LogP contribution in [0.1, 0.15) is 37.0 Å². The fourth-order valence-electron chi connectivity index (χ4n) is 3.61. The van der Waals surface area contributed by atoms with Gasteiger partial charge in [-0.25, -0.2) is 0 Å². The molecule has 0 fully saturated rings. The van der Waals surface area contributed by atoms with E-state index in [4.69, 9.17) is 4.74 Å². The van der Waals surface area contributed by atoms with E-state index in [0.717, 1.165) is 39.9 Å². The number of hydrogen-bond acceptors (Lipinski definition) is 3. The van der Waals surface area contributed by atoms with Gasteiger partial charge in [0.25, 0.3) is 0 Å². The van der Waals surface area contributed by atoms with Crippen molar-refractivity contribution in [1.29, 1.82) is 0 Å². The molecule has 1 unspecified atom stereocenters. The van der Waals surface area contributed by atoms with E-state index in [-0.39, 0.29) is 11.9 Å². The lowest BCUT2D eigenvalue weighted by molar-refractivity contribution is 0.219. The Morgan fingerprint density at radius 1 is 0.967 bits per heavy atom. The predicted molar refractivity (Wildman–Crippen MR) is 129 cm³/mol. The first-order valence-corrected chi connectivity index (χ1v) is 11.0. The quantitative estimate of drug-likeness (QED) is 0.372.